The molecule has 0 atom stereocenters. The molecule has 5 heteroatoms. The highest BCUT2D eigenvalue weighted by molar-refractivity contribution is 5.79. The molecule has 0 saturated carbocycles. The van der Waals surface area contributed by atoms with Crippen LogP contribution in [0.4, 0.5) is 8.78 Å². The van der Waals surface area contributed by atoms with Crippen LogP contribution in [0.5, 0.6) is 0 Å². The van der Waals surface area contributed by atoms with Gasteiger partial charge in [-0.15, -0.1) is 6.58 Å². The van der Waals surface area contributed by atoms with Crippen LogP contribution < -0.4 is 10.6 Å². The van der Waals surface area contributed by atoms with Crippen molar-refractivity contribution in [3.8, 4) is 0 Å². The van der Waals surface area contributed by atoms with E-state index < -0.39 is 11.6 Å². The standard InChI is InChI=1S/C13H17F2N3/c1-3-7-17-13(16-2)18-8-6-10-9-11(14)4-5-12(10)15/h3-5,9H,1,6-8H2,2H3,(H2,16,17,18). The molecule has 18 heavy (non-hydrogen) atoms. The molecule has 0 fully saturated rings. The van der Waals surface area contributed by atoms with E-state index in [0.29, 0.717) is 31.0 Å². The summed E-state index contributed by atoms with van der Waals surface area (Å²) in [6.07, 6.45) is 2.09. The molecule has 2 N–H and O–H groups in total. The largest absolute Gasteiger partial charge is 0.356 e. The molecule has 0 bridgehead atoms. The van der Waals surface area contributed by atoms with Crippen molar-refractivity contribution in [3.05, 3.63) is 48.1 Å². The van der Waals surface area contributed by atoms with Gasteiger partial charge in [-0.05, 0) is 30.2 Å². The summed E-state index contributed by atoms with van der Waals surface area (Å²) in [5.74, 6) is -0.223. The highest BCUT2D eigenvalue weighted by Gasteiger charge is 2.04. The Kier molecular flexibility index (Phi) is 5.84. The van der Waals surface area contributed by atoms with Crippen molar-refractivity contribution in [3.63, 3.8) is 0 Å². The third-order valence-corrected chi connectivity index (χ3v) is 2.33. The molecule has 1 aromatic carbocycles. The molecular formula is C13H17F2N3. The molecule has 0 radical (unpaired) electrons. The summed E-state index contributed by atoms with van der Waals surface area (Å²) >= 11 is 0. The van der Waals surface area contributed by atoms with Crippen molar-refractivity contribution < 1.29 is 8.78 Å². The van der Waals surface area contributed by atoms with Crippen LogP contribution in [0.1, 0.15) is 5.56 Å². The number of aliphatic imine (C=N–C) groups is 1. The van der Waals surface area contributed by atoms with E-state index in [1.165, 1.54) is 6.07 Å². The summed E-state index contributed by atoms with van der Waals surface area (Å²) in [6.45, 7) is 4.64. The SMILES string of the molecule is C=CCNC(=NC)NCCc1cc(F)ccc1F. The average Bonchev–Trinajstić information content (AvgIpc) is 2.37. The van der Waals surface area contributed by atoms with Gasteiger partial charge in [0.25, 0.3) is 0 Å². The number of nitrogens with one attached hydrogen (secondary N) is 2. The molecule has 1 aromatic rings. The molecule has 3 nitrogen and oxygen atoms in total. The zero-order valence-electron chi connectivity index (χ0n) is 10.3. The molecule has 0 spiro atoms. The number of rotatable bonds is 5. The molecular weight excluding hydrogens is 236 g/mol. The van der Waals surface area contributed by atoms with Gasteiger partial charge in [0.05, 0.1) is 0 Å². The summed E-state index contributed by atoms with van der Waals surface area (Å²) in [5.41, 5.74) is 0.349. The second-order valence-corrected chi connectivity index (χ2v) is 3.65. The molecule has 0 saturated heterocycles. The first kappa shape index (κ1) is 14.2. The Bertz CT molecular complexity index is 430. The predicted octanol–water partition coefficient (Wildman–Crippen LogP) is 1.86. The minimum absolute atomic E-state index is 0.349. The third-order valence-electron chi connectivity index (χ3n) is 2.33. The second-order valence-electron chi connectivity index (χ2n) is 3.65. The monoisotopic (exact) mass is 253 g/mol. The van der Waals surface area contributed by atoms with Crippen molar-refractivity contribution in [1.29, 1.82) is 0 Å². The van der Waals surface area contributed by atoms with Gasteiger partial charge in [-0.3, -0.25) is 4.99 Å². The average molecular weight is 253 g/mol. The molecule has 0 aromatic heterocycles. The minimum Gasteiger partial charge on any atom is -0.356 e. The van der Waals surface area contributed by atoms with Gasteiger partial charge < -0.3 is 10.6 Å². The lowest BCUT2D eigenvalue weighted by Crippen LogP contribution is -2.38. The minimum atomic E-state index is -0.430. The van der Waals surface area contributed by atoms with Gasteiger partial charge in [0.1, 0.15) is 11.6 Å². The summed E-state index contributed by atoms with van der Waals surface area (Å²) in [4.78, 5) is 3.98. The summed E-state index contributed by atoms with van der Waals surface area (Å²) in [7, 11) is 1.64. The maximum absolute atomic E-state index is 13.3. The summed E-state index contributed by atoms with van der Waals surface area (Å²) in [5, 5.41) is 5.99. The first-order valence-corrected chi connectivity index (χ1v) is 5.66. The molecule has 0 heterocycles. The van der Waals surface area contributed by atoms with Crippen LogP contribution in [0.25, 0.3) is 0 Å². The van der Waals surface area contributed by atoms with E-state index in [-0.39, 0.29) is 0 Å². The van der Waals surface area contributed by atoms with Crippen molar-refractivity contribution in [2.24, 2.45) is 4.99 Å². The van der Waals surface area contributed by atoms with Crippen LogP contribution in [0.15, 0.2) is 35.8 Å². The Morgan fingerprint density at radius 1 is 1.39 bits per heavy atom. The quantitative estimate of drug-likeness (QED) is 0.477. The van der Waals surface area contributed by atoms with Gasteiger partial charge in [0.15, 0.2) is 5.96 Å². The Hall–Kier alpha value is -1.91. The number of nitrogens with zero attached hydrogens (tertiary/aromatic N) is 1. The number of guanidine groups is 1. The first-order chi connectivity index (χ1) is 8.67. The number of hydrogen-bond donors (Lipinski definition) is 2. The van der Waals surface area contributed by atoms with Crippen LogP contribution in [-0.2, 0) is 6.42 Å². The topological polar surface area (TPSA) is 36.4 Å². The lowest BCUT2D eigenvalue weighted by atomic mass is 10.1. The van der Waals surface area contributed by atoms with Crippen LogP contribution in [0.3, 0.4) is 0 Å². The molecule has 0 amide bonds. The van der Waals surface area contributed by atoms with E-state index in [4.69, 9.17) is 0 Å². The predicted molar refractivity (Wildman–Crippen MR) is 69.6 cm³/mol. The molecule has 0 aliphatic heterocycles. The van der Waals surface area contributed by atoms with Gasteiger partial charge >= 0.3 is 0 Å². The van der Waals surface area contributed by atoms with Crippen LogP contribution >= 0.6 is 0 Å². The lowest BCUT2D eigenvalue weighted by molar-refractivity contribution is 0.583. The van der Waals surface area contributed by atoms with Crippen LogP contribution in [0, 0.1) is 11.6 Å². The fourth-order valence-electron chi connectivity index (χ4n) is 1.44. The molecule has 1 rings (SSSR count). The van der Waals surface area contributed by atoms with Gasteiger partial charge in [0.2, 0.25) is 0 Å². The van der Waals surface area contributed by atoms with E-state index in [0.717, 1.165) is 12.1 Å². The van der Waals surface area contributed by atoms with Gasteiger partial charge in [0, 0.05) is 20.1 Å². The van der Waals surface area contributed by atoms with Crippen molar-refractivity contribution in [2.45, 2.75) is 6.42 Å². The van der Waals surface area contributed by atoms with Crippen molar-refractivity contribution >= 4 is 5.96 Å². The van der Waals surface area contributed by atoms with Crippen molar-refractivity contribution in [1.82, 2.24) is 10.6 Å². The van der Waals surface area contributed by atoms with E-state index in [1.807, 2.05) is 0 Å². The third kappa shape index (κ3) is 4.53. The highest BCUT2D eigenvalue weighted by Crippen LogP contribution is 2.09. The first-order valence-electron chi connectivity index (χ1n) is 5.66. The molecule has 0 unspecified atom stereocenters. The number of halogens is 2. The van der Waals surface area contributed by atoms with E-state index in [2.05, 4.69) is 22.2 Å². The maximum atomic E-state index is 13.3. The Balaban J connectivity index is 2.45. The van der Waals surface area contributed by atoms with Gasteiger partial charge in [-0.2, -0.15) is 0 Å². The van der Waals surface area contributed by atoms with E-state index >= 15 is 0 Å². The van der Waals surface area contributed by atoms with Crippen LogP contribution in [0.2, 0.25) is 0 Å². The summed E-state index contributed by atoms with van der Waals surface area (Å²) < 4.78 is 26.3. The summed E-state index contributed by atoms with van der Waals surface area (Å²) in [6, 6.07) is 3.45. The highest BCUT2D eigenvalue weighted by atomic mass is 19.1. The zero-order valence-corrected chi connectivity index (χ0v) is 10.3. The fraction of sp³-hybridized carbons (Fsp3) is 0.308. The number of benzene rings is 1. The zero-order chi connectivity index (χ0) is 13.4. The molecule has 98 valence electrons. The van der Waals surface area contributed by atoms with Crippen LogP contribution in [-0.4, -0.2) is 26.1 Å². The smallest absolute Gasteiger partial charge is 0.191 e. The molecule has 0 aliphatic carbocycles. The van der Waals surface area contributed by atoms with E-state index in [1.54, 1.807) is 13.1 Å². The second kappa shape index (κ2) is 7.42. The van der Waals surface area contributed by atoms with Gasteiger partial charge in [-0.1, -0.05) is 6.08 Å². The number of hydrogen-bond acceptors (Lipinski definition) is 1. The lowest BCUT2D eigenvalue weighted by Gasteiger charge is -2.10. The Labute approximate surface area is 106 Å². The van der Waals surface area contributed by atoms with Crippen molar-refractivity contribution in [2.75, 3.05) is 20.1 Å². The fourth-order valence-corrected chi connectivity index (χ4v) is 1.44. The van der Waals surface area contributed by atoms with E-state index in [9.17, 15) is 8.78 Å². The maximum Gasteiger partial charge on any atom is 0.191 e. The Morgan fingerprint density at radius 3 is 2.83 bits per heavy atom. The van der Waals surface area contributed by atoms with Gasteiger partial charge in [-0.25, -0.2) is 8.78 Å². The Morgan fingerprint density at radius 2 is 2.17 bits per heavy atom. The molecule has 0 aliphatic rings. The normalized spacial score (nSPS) is 11.2.